The molecule has 0 radical (unpaired) electrons. The first kappa shape index (κ1) is 7.99. The summed E-state index contributed by atoms with van der Waals surface area (Å²) in [5.41, 5.74) is 0. The molecule has 1 rings (SSSR count). The van der Waals surface area contributed by atoms with Crippen LogP contribution in [0, 0.1) is 5.92 Å². The van der Waals surface area contributed by atoms with Crippen LogP contribution in [0.2, 0.25) is 0 Å². The molecule has 2 heteroatoms. The zero-order valence-electron chi connectivity index (χ0n) is 5.90. The summed E-state index contributed by atoms with van der Waals surface area (Å²) in [7, 11) is 0. The lowest BCUT2D eigenvalue weighted by atomic mass is 9.88. The van der Waals surface area contributed by atoms with E-state index >= 15 is 0 Å². The van der Waals surface area contributed by atoms with Gasteiger partial charge in [0, 0.05) is 12.3 Å². The molecule has 1 nitrogen and oxygen atoms in total. The molecule has 10 heavy (non-hydrogen) atoms. The van der Waals surface area contributed by atoms with Crippen LogP contribution in [0.4, 0.5) is 0 Å². The van der Waals surface area contributed by atoms with Crippen molar-refractivity contribution >= 4 is 21.7 Å². The second-order valence-electron chi connectivity index (χ2n) is 2.71. The molecule has 1 fully saturated rings. The monoisotopic (exact) mass is 202 g/mol. The minimum Gasteiger partial charge on any atom is -0.299 e. The summed E-state index contributed by atoms with van der Waals surface area (Å²) in [5.74, 6) is 0.460. The van der Waals surface area contributed by atoms with Crippen LogP contribution >= 0.6 is 15.9 Å². The summed E-state index contributed by atoms with van der Waals surface area (Å²) in [6, 6.07) is 0. The first-order chi connectivity index (χ1) is 4.72. The number of rotatable bonds is 1. The SMILES string of the molecule is C=C(Br)C1CCCCC1=O. The fourth-order valence-corrected chi connectivity index (χ4v) is 1.80. The highest BCUT2D eigenvalue weighted by Gasteiger charge is 2.22. The maximum absolute atomic E-state index is 11.1. The Kier molecular flexibility index (Phi) is 2.66. The molecule has 0 aliphatic heterocycles. The van der Waals surface area contributed by atoms with E-state index < -0.39 is 0 Å². The van der Waals surface area contributed by atoms with Gasteiger partial charge in [-0.2, -0.15) is 0 Å². The van der Waals surface area contributed by atoms with Gasteiger partial charge in [0.15, 0.2) is 0 Å². The Balaban J connectivity index is 2.56. The van der Waals surface area contributed by atoms with Gasteiger partial charge in [0.25, 0.3) is 0 Å². The van der Waals surface area contributed by atoms with Gasteiger partial charge in [0.2, 0.25) is 0 Å². The number of allylic oxidation sites excluding steroid dienone is 1. The van der Waals surface area contributed by atoms with Crippen molar-refractivity contribution in [2.45, 2.75) is 25.7 Å². The largest absolute Gasteiger partial charge is 0.299 e. The van der Waals surface area contributed by atoms with Crippen LogP contribution in [0.25, 0.3) is 0 Å². The summed E-state index contributed by atoms with van der Waals surface area (Å²) in [4.78, 5) is 11.1. The topological polar surface area (TPSA) is 17.1 Å². The summed E-state index contributed by atoms with van der Waals surface area (Å²) >= 11 is 3.26. The average molecular weight is 203 g/mol. The Morgan fingerprint density at radius 3 is 2.70 bits per heavy atom. The molecule has 1 aliphatic rings. The predicted octanol–water partition coefficient (Wildman–Crippen LogP) is 2.65. The molecule has 1 aliphatic carbocycles. The normalized spacial score (nSPS) is 26.5. The van der Waals surface area contributed by atoms with E-state index in [1.165, 1.54) is 6.42 Å². The first-order valence-electron chi connectivity index (χ1n) is 3.59. The lowest BCUT2D eigenvalue weighted by molar-refractivity contribution is -0.123. The molecule has 0 spiro atoms. The van der Waals surface area contributed by atoms with Gasteiger partial charge in [-0.3, -0.25) is 4.79 Å². The second kappa shape index (κ2) is 3.33. The molecule has 1 unspecified atom stereocenters. The van der Waals surface area contributed by atoms with E-state index in [2.05, 4.69) is 22.5 Å². The van der Waals surface area contributed by atoms with Crippen molar-refractivity contribution < 1.29 is 4.79 Å². The maximum Gasteiger partial charge on any atom is 0.140 e. The van der Waals surface area contributed by atoms with Crippen LogP contribution < -0.4 is 0 Å². The number of halogens is 1. The highest BCUT2D eigenvalue weighted by molar-refractivity contribution is 9.11. The molecule has 0 heterocycles. The molecular weight excluding hydrogens is 192 g/mol. The molecule has 0 saturated heterocycles. The van der Waals surface area contributed by atoms with Crippen LogP contribution in [0.1, 0.15) is 25.7 Å². The molecule has 0 bridgehead atoms. The Labute approximate surface area is 69.6 Å². The molecule has 0 aromatic rings. The van der Waals surface area contributed by atoms with Gasteiger partial charge in [-0.1, -0.05) is 28.9 Å². The van der Waals surface area contributed by atoms with Crippen molar-refractivity contribution in [2.24, 2.45) is 5.92 Å². The van der Waals surface area contributed by atoms with Crippen LogP contribution in [0.3, 0.4) is 0 Å². The smallest absolute Gasteiger partial charge is 0.140 e. The summed E-state index contributed by atoms with van der Waals surface area (Å²) in [6.07, 6.45) is 3.97. The number of ketones is 1. The first-order valence-corrected chi connectivity index (χ1v) is 4.38. The van der Waals surface area contributed by atoms with E-state index in [0.717, 1.165) is 23.7 Å². The van der Waals surface area contributed by atoms with Crippen LogP contribution in [0.15, 0.2) is 11.1 Å². The molecule has 0 aromatic heterocycles. The Hall–Kier alpha value is -0.110. The zero-order valence-corrected chi connectivity index (χ0v) is 7.49. The molecular formula is C8H11BrO. The quantitative estimate of drug-likeness (QED) is 0.640. The van der Waals surface area contributed by atoms with E-state index in [1.807, 2.05) is 0 Å². The van der Waals surface area contributed by atoms with Gasteiger partial charge in [0.05, 0.1) is 0 Å². The van der Waals surface area contributed by atoms with Crippen molar-refractivity contribution in [3.05, 3.63) is 11.1 Å². The highest BCUT2D eigenvalue weighted by atomic mass is 79.9. The number of hydrogen-bond acceptors (Lipinski definition) is 1. The van der Waals surface area contributed by atoms with Gasteiger partial charge in [-0.25, -0.2) is 0 Å². The van der Waals surface area contributed by atoms with E-state index in [1.54, 1.807) is 0 Å². The lowest BCUT2D eigenvalue weighted by Crippen LogP contribution is -2.18. The van der Waals surface area contributed by atoms with E-state index in [9.17, 15) is 4.79 Å². The van der Waals surface area contributed by atoms with Crippen molar-refractivity contribution in [1.29, 1.82) is 0 Å². The molecule has 0 amide bonds. The van der Waals surface area contributed by atoms with Crippen molar-refractivity contribution in [3.8, 4) is 0 Å². The highest BCUT2D eigenvalue weighted by Crippen LogP contribution is 2.28. The average Bonchev–Trinajstić information content (AvgIpc) is 1.88. The Bertz CT molecular complexity index is 163. The number of hydrogen-bond donors (Lipinski definition) is 0. The lowest BCUT2D eigenvalue weighted by Gasteiger charge is -2.18. The van der Waals surface area contributed by atoms with Crippen molar-refractivity contribution in [3.63, 3.8) is 0 Å². The molecule has 0 aromatic carbocycles. The van der Waals surface area contributed by atoms with Gasteiger partial charge in [-0.05, 0) is 17.3 Å². The Morgan fingerprint density at radius 1 is 1.60 bits per heavy atom. The minimum absolute atomic E-state index is 0.105. The van der Waals surface area contributed by atoms with Gasteiger partial charge >= 0.3 is 0 Å². The minimum atomic E-state index is 0.105. The van der Waals surface area contributed by atoms with E-state index in [0.29, 0.717) is 5.78 Å². The third-order valence-electron chi connectivity index (χ3n) is 1.93. The summed E-state index contributed by atoms with van der Waals surface area (Å²) in [5, 5.41) is 0. The van der Waals surface area contributed by atoms with Gasteiger partial charge in [-0.15, -0.1) is 0 Å². The Morgan fingerprint density at radius 2 is 2.30 bits per heavy atom. The maximum atomic E-state index is 11.1. The van der Waals surface area contributed by atoms with E-state index in [-0.39, 0.29) is 5.92 Å². The van der Waals surface area contributed by atoms with Crippen LogP contribution in [0.5, 0.6) is 0 Å². The van der Waals surface area contributed by atoms with Gasteiger partial charge < -0.3 is 0 Å². The van der Waals surface area contributed by atoms with Crippen molar-refractivity contribution in [1.82, 2.24) is 0 Å². The third-order valence-corrected chi connectivity index (χ3v) is 2.49. The fourth-order valence-electron chi connectivity index (χ4n) is 1.31. The summed E-state index contributed by atoms with van der Waals surface area (Å²) in [6.45, 7) is 3.73. The second-order valence-corrected chi connectivity index (χ2v) is 3.73. The number of carbonyl (C=O) groups excluding carboxylic acids is 1. The standard InChI is InChI=1S/C8H11BrO/c1-6(9)7-4-2-3-5-8(7)10/h7H,1-5H2. The number of Topliss-reactive ketones (excluding diaryl/α,β-unsaturated/α-hetero) is 1. The molecule has 1 atom stereocenters. The third kappa shape index (κ3) is 1.69. The summed E-state index contributed by atoms with van der Waals surface area (Å²) < 4.78 is 0.859. The van der Waals surface area contributed by atoms with Crippen LogP contribution in [-0.4, -0.2) is 5.78 Å². The fraction of sp³-hybridized carbons (Fsp3) is 0.625. The van der Waals surface area contributed by atoms with E-state index in [4.69, 9.17) is 0 Å². The molecule has 0 N–H and O–H groups in total. The van der Waals surface area contributed by atoms with Crippen molar-refractivity contribution in [2.75, 3.05) is 0 Å². The van der Waals surface area contributed by atoms with Gasteiger partial charge in [0.1, 0.15) is 5.78 Å². The zero-order chi connectivity index (χ0) is 7.56. The van der Waals surface area contributed by atoms with Crippen LogP contribution in [-0.2, 0) is 4.79 Å². The number of carbonyl (C=O) groups is 1. The predicted molar refractivity (Wildman–Crippen MR) is 45.0 cm³/mol. The molecule has 1 saturated carbocycles. The molecule has 56 valence electrons.